The molecule has 2 heterocycles. The Morgan fingerprint density at radius 2 is 1.96 bits per heavy atom. The molecule has 6 nitrogen and oxygen atoms in total. The summed E-state index contributed by atoms with van der Waals surface area (Å²) in [5.74, 6) is -0.0102. The second kappa shape index (κ2) is 7.11. The lowest BCUT2D eigenvalue weighted by Crippen LogP contribution is -2.52. The van der Waals surface area contributed by atoms with Gasteiger partial charge in [0.25, 0.3) is 5.91 Å². The lowest BCUT2D eigenvalue weighted by Gasteiger charge is -2.35. The number of halogens is 1. The Kier molecular flexibility index (Phi) is 5.29. The van der Waals surface area contributed by atoms with Crippen molar-refractivity contribution in [3.63, 3.8) is 0 Å². The molecular formula is C16H21BrN2O4S. The zero-order valence-electron chi connectivity index (χ0n) is 13.6. The molecule has 2 aliphatic heterocycles. The summed E-state index contributed by atoms with van der Waals surface area (Å²) in [5.41, 5.74) is 0.878. The molecule has 8 heteroatoms. The predicted octanol–water partition coefficient (Wildman–Crippen LogP) is 1.77. The molecule has 2 aliphatic rings. The van der Waals surface area contributed by atoms with Crippen LogP contribution in [0.4, 0.5) is 0 Å². The summed E-state index contributed by atoms with van der Waals surface area (Å²) >= 11 is 3.38. The fraction of sp³-hybridized carbons (Fsp3) is 0.562. The summed E-state index contributed by atoms with van der Waals surface area (Å²) in [6, 6.07) is 5.03. The molecule has 0 radical (unpaired) electrons. The molecule has 0 aromatic heterocycles. The first-order valence-corrected chi connectivity index (χ1v) is 10.3. The van der Waals surface area contributed by atoms with Crippen LogP contribution in [-0.4, -0.2) is 62.4 Å². The third-order valence-corrected chi connectivity index (χ3v) is 7.31. The Bertz CT molecular complexity index is 724. The summed E-state index contributed by atoms with van der Waals surface area (Å²) < 4.78 is 33.3. The van der Waals surface area contributed by atoms with E-state index in [4.69, 9.17) is 4.74 Å². The first-order chi connectivity index (χ1) is 11.4. The fourth-order valence-electron chi connectivity index (χ4n) is 3.05. The van der Waals surface area contributed by atoms with Crippen LogP contribution in [0.25, 0.3) is 0 Å². The molecule has 0 N–H and O–H groups in total. The number of carbonyl (C=O) groups is 1. The summed E-state index contributed by atoms with van der Waals surface area (Å²) in [5, 5.41) is 0. The summed E-state index contributed by atoms with van der Waals surface area (Å²) in [7, 11) is -3.53. The van der Waals surface area contributed by atoms with Gasteiger partial charge in [-0.3, -0.25) is 4.79 Å². The molecule has 0 spiro atoms. The van der Waals surface area contributed by atoms with E-state index >= 15 is 0 Å². The molecule has 0 aliphatic carbocycles. The van der Waals surface area contributed by atoms with Crippen LogP contribution in [-0.2, 0) is 19.6 Å². The Morgan fingerprint density at radius 3 is 2.54 bits per heavy atom. The number of benzene rings is 1. The van der Waals surface area contributed by atoms with Gasteiger partial charge in [0.05, 0.1) is 4.90 Å². The highest BCUT2D eigenvalue weighted by atomic mass is 79.9. The molecule has 1 aromatic rings. The van der Waals surface area contributed by atoms with Crippen LogP contribution < -0.4 is 0 Å². The van der Waals surface area contributed by atoms with Crippen LogP contribution in [0.5, 0.6) is 0 Å². The van der Waals surface area contributed by atoms with E-state index in [1.54, 1.807) is 23.1 Å². The SMILES string of the molecule is Cc1cc(S(=O)(=O)N2CCN(C(=O)[C@H]3CCCO3)CC2)ccc1Br. The second-order valence-corrected chi connectivity index (χ2v) is 8.93. The highest BCUT2D eigenvalue weighted by molar-refractivity contribution is 9.10. The molecule has 3 rings (SSSR count). The van der Waals surface area contributed by atoms with Gasteiger partial charge in [-0.15, -0.1) is 0 Å². The molecule has 0 saturated carbocycles. The third kappa shape index (κ3) is 3.51. The zero-order chi connectivity index (χ0) is 17.3. The van der Waals surface area contributed by atoms with Gasteiger partial charge < -0.3 is 9.64 Å². The van der Waals surface area contributed by atoms with Crippen LogP contribution in [0.1, 0.15) is 18.4 Å². The van der Waals surface area contributed by atoms with E-state index in [1.807, 2.05) is 6.92 Å². The van der Waals surface area contributed by atoms with E-state index in [0.717, 1.165) is 22.9 Å². The normalized spacial score (nSPS) is 22.8. The van der Waals surface area contributed by atoms with Crippen LogP contribution >= 0.6 is 15.9 Å². The molecule has 1 amide bonds. The van der Waals surface area contributed by atoms with Crippen LogP contribution in [0.2, 0.25) is 0 Å². The van der Waals surface area contributed by atoms with E-state index in [0.29, 0.717) is 37.7 Å². The predicted molar refractivity (Wildman–Crippen MR) is 93.2 cm³/mol. The molecule has 1 aromatic carbocycles. The van der Waals surface area contributed by atoms with Gasteiger partial charge in [0.1, 0.15) is 6.10 Å². The van der Waals surface area contributed by atoms with Gasteiger partial charge in [-0.2, -0.15) is 4.31 Å². The average Bonchev–Trinajstić information content (AvgIpc) is 3.11. The van der Waals surface area contributed by atoms with Gasteiger partial charge in [-0.05, 0) is 43.5 Å². The Labute approximate surface area is 150 Å². The smallest absolute Gasteiger partial charge is 0.251 e. The van der Waals surface area contributed by atoms with Crippen molar-refractivity contribution in [1.82, 2.24) is 9.21 Å². The number of rotatable bonds is 3. The number of amides is 1. The first-order valence-electron chi connectivity index (χ1n) is 8.06. The average molecular weight is 417 g/mol. The fourth-order valence-corrected chi connectivity index (χ4v) is 4.81. The topological polar surface area (TPSA) is 66.9 Å². The van der Waals surface area contributed by atoms with Crippen molar-refractivity contribution in [2.45, 2.75) is 30.8 Å². The van der Waals surface area contributed by atoms with E-state index in [1.165, 1.54) is 4.31 Å². The van der Waals surface area contributed by atoms with Crippen molar-refractivity contribution in [3.05, 3.63) is 28.2 Å². The van der Waals surface area contributed by atoms with E-state index in [-0.39, 0.29) is 12.0 Å². The lowest BCUT2D eigenvalue weighted by molar-refractivity contribution is -0.142. The molecule has 132 valence electrons. The summed E-state index contributed by atoms with van der Waals surface area (Å²) in [6.07, 6.45) is 1.32. The van der Waals surface area contributed by atoms with Gasteiger partial charge in [0.2, 0.25) is 10.0 Å². The van der Waals surface area contributed by atoms with Crippen molar-refractivity contribution in [2.75, 3.05) is 32.8 Å². The van der Waals surface area contributed by atoms with E-state index in [9.17, 15) is 13.2 Å². The first kappa shape index (κ1) is 17.8. The largest absolute Gasteiger partial charge is 0.368 e. The Balaban J connectivity index is 1.67. The summed E-state index contributed by atoms with van der Waals surface area (Å²) in [4.78, 5) is 14.3. The maximum atomic E-state index is 12.8. The monoisotopic (exact) mass is 416 g/mol. The second-order valence-electron chi connectivity index (χ2n) is 6.14. The molecule has 2 saturated heterocycles. The molecule has 1 atom stereocenters. The maximum absolute atomic E-state index is 12.8. The minimum atomic E-state index is -3.53. The number of hydrogen-bond acceptors (Lipinski definition) is 4. The zero-order valence-corrected chi connectivity index (χ0v) is 16.0. The minimum absolute atomic E-state index is 0.0102. The van der Waals surface area contributed by atoms with E-state index in [2.05, 4.69) is 15.9 Å². The van der Waals surface area contributed by atoms with Gasteiger partial charge >= 0.3 is 0 Å². The van der Waals surface area contributed by atoms with Gasteiger partial charge in [0.15, 0.2) is 0 Å². The number of nitrogens with zero attached hydrogens (tertiary/aromatic N) is 2. The summed E-state index contributed by atoms with van der Waals surface area (Å²) in [6.45, 7) is 3.95. The lowest BCUT2D eigenvalue weighted by atomic mass is 10.2. The molecule has 0 bridgehead atoms. The van der Waals surface area contributed by atoms with Crippen molar-refractivity contribution in [1.29, 1.82) is 0 Å². The quantitative estimate of drug-likeness (QED) is 0.752. The van der Waals surface area contributed by atoms with Gasteiger partial charge in [-0.1, -0.05) is 15.9 Å². The number of aryl methyl sites for hydroxylation is 1. The highest BCUT2D eigenvalue weighted by Crippen LogP contribution is 2.24. The number of ether oxygens (including phenoxy) is 1. The molecule has 0 unspecified atom stereocenters. The Hall–Kier alpha value is -0.960. The van der Waals surface area contributed by atoms with Gasteiger partial charge in [-0.25, -0.2) is 8.42 Å². The van der Waals surface area contributed by atoms with Crippen molar-refractivity contribution < 1.29 is 17.9 Å². The standard InChI is InChI=1S/C16H21BrN2O4S/c1-12-11-13(4-5-14(12)17)24(21,22)19-8-6-18(7-9-19)16(20)15-3-2-10-23-15/h4-5,11,15H,2-3,6-10H2,1H3/t15-/m1/s1. The number of piperazine rings is 1. The Morgan fingerprint density at radius 1 is 1.25 bits per heavy atom. The number of hydrogen-bond donors (Lipinski definition) is 0. The number of sulfonamides is 1. The van der Waals surface area contributed by atoms with Crippen molar-refractivity contribution in [3.8, 4) is 0 Å². The minimum Gasteiger partial charge on any atom is -0.368 e. The van der Waals surface area contributed by atoms with Crippen LogP contribution in [0, 0.1) is 6.92 Å². The van der Waals surface area contributed by atoms with Crippen molar-refractivity contribution >= 4 is 31.9 Å². The maximum Gasteiger partial charge on any atom is 0.251 e. The molecule has 2 fully saturated rings. The van der Waals surface area contributed by atoms with Gasteiger partial charge in [0, 0.05) is 37.3 Å². The van der Waals surface area contributed by atoms with E-state index < -0.39 is 10.0 Å². The third-order valence-electron chi connectivity index (χ3n) is 4.52. The highest BCUT2D eigenvalue weighted by Gasteiger charge is 2.34. The van der Waals surface area contributed by atoms with Crippen molar-refractivity contribution in [2.24, 2.45) is 0 Å². The number of carbonyl (C=O) groups excluding carboxylic acids is 1. The molecule has 24 heavy (non-hydrogen) atoms. The molecular weight excluding hydrogens is 396 g/mol. The van der Waals surface area contributed by atoms with Crippen LogP contribution in [0.15, 0.2) is 27.6 Å². The van der Waals surface area contributed by atoms with Crippen LogP contribution in [0.3, 0.4) is 0 Å².